The van der Waals surface area contributed by atoms with Gasteiger partial charge in [0.25, 0.3) is 0 Å². The molecular formula is C17H25N3O5S. The highest BCUT2D eigenvalue weighted by Crippen LogP contribution is 2.28. The van der Waals surface area contributed by atoms with Crippen LogP contribution in [0, 0.1) is 0 Å². The lowest BCUT2D eigenvalue weighted by Crippen LogP contribution is -2.39. The van der Waals surface area contributed by atoms with Gasteiger partial charge in [-0.2, -0.15) is 0 Å². The number of nitrogens with zero attached hydrogens (tertiary/aromatic N) is 2. The molecule has 2 N–H and O–H groups in total. The molecule has 0 spiro atoms. The molecule has 9 heteroatoms. The molecule has 2 rings (SSSR count). The Morgan fingerprint density at radius 2 is 2.12 bits per heavy atom. The zero-order valence-corrected chi connectivity index (χ0v) is 15.8. The topological polar surface area (TPSA) is 107 Å². The maximum atomic E-state index is 12.2. The molecule has 1 aromatic rings. The van der Waals surface area contributed by atoms with Crippen LogP contribution >= 0.6 is 0 Å². The van der Waals surface area contributed by atoms with Crippen molar-refractivity contribution in [3.05, 3.63) is 29.8 Å². The van der Waals surface area contributed by atoms with Crippen molar-refractivity contribution < 1.29 is 23.1 Å². The predicted octanol–water partition coefficient (Wildman–Crippen LogP) is 1.79. The van der Waals surface area contributed by atoms with Crippen LogP contribution in [0.25, 0.3) is 0 Å². The number of sulfonamides is 1. The van der Waals surface area contributed by atoms with Gasteiger partial charge in [0.05, 0.1) is 17.5 Å². The summed E-state index contributed by atoms with van der Waals surface area (Å²) < 4.78 is 25.6. The number of carboxylic acids is 1. The molecule has 1 atom stereocenters. The van der Waals surface area contributed by atoms with E-state index in [1.807, 2.05) is 13.0 Å². The van der Waals surface area contributed by atoms with Crippen LogP contribution in [0.5, 0.6) is 0 Å². The first-order chi connectivity index (χ1) is 12.2. The predicted molar refractivity (Wildman–Crippen MR) is 98.6 cm³/mol. The Labute approximate surface area is 153 Å². The second kappa shape index (κ2) is 8.39. The summed E-state index contributed by atoms with van der Waals surface area (Å²) in [6.45, 7) is 2.61. The normalized spacial score (nSPS) is 16.9. The number of carbonyl (C=O) groups excluding carboxylic acids is 1. The van der Waals surface area contributed by atoms with Gasteiger partial charge in [-0.05, 0) is 37.5 Å². The first-order valence-corrected chi connectivity index (χ1v) is 10.2. The number of carboxylic acid groups (broad SMARTS) is 1. The van der Waals surface area contributed by atoms with Crippen molar-refractivity contribution in [3.8, 4) is 0 Å². The van der Waals surface area contributed by atoms with Crippen molar-refractivity contribution in [3.63, 3.8) is 0 Å². The Hall–Kier alpha value is -2.29. The van der Waals surface area contributed by atoms with E-state index in [0.717, 1.165) is 5.56 Å². The molecule has 0 saturated carbocycles. The summed E-state index contributed by atoms with van der Waals surface area (Å²) in [5, 5.41) is 11.3. The molecule has 8 nitrogen and oxygen atoms in total. The molecule has 1 aliphatic rings. The van der Waals surface area contributed by atoms with Crippen molar-refractivity contribution in [1.29, 1.82) is 0 Å². The minimum Gasteiger partial charge on any atom is -0.481 e. The second-order valence-corrected chi connectivity index (χ2v) is 8.37. The van der Waals surface area contributed by atoms with Crippen LogP contribution in [0.4, 0.5) is 10.5 Å². The van der Waals surface area contributed by atoms with Crippen molar-refractivity contribution in [2.45, 2.75) is 32.2 Å². The largest absolute Gasteiger partial charge is 0.481 e. The molecule has 1 heterocycles. The average molecular weight is 383 g/mol. The van der Waals surface area contributed by atoms with Gasteiger partial charge in [0.15, 0.2) is 0 Å². The average Bonchev–Trinajstić information content (AvgIpc) is 2.96. The number of benzene rings is 1. The summed E-state index contributed by atoms with van der Waals surface area (Å²) >= 11 is 0. The van der Waals surface area contributed by atoms with E-state index >= 15 is 0 Å². The first kappa shape index (κ1) is 20.0. The Morgan fingerprint density at radius 1 is 1.38 bits per heavy atom. The monoisotopic (exact) mass is 383 g/mol. The van der Waals surface area contributed by atoms with Gasteiger partial charge in [-0.1, -0.05) is 12.1 Å². The van der Waals surface area contributed by atoms with Crippen LogP contribution in [-0.4, -0.2) is 56.3 Å². The number of amides is 2. The summed E-state index contributed by atoms with van der Waals surface area (Å²) in [5.41, 5.74) is 1.44. The fourth-order valence-electron chi connectivity index (χ4n) is 2.83. The molecule has 0 radical (unpaired) electrons. The maximum absolute atomic E-state index is 12.2. The molecule has 1 aliphatic heterocycles. The number of carbonyl (C=O) groups is 2. The molecule has 1 unspecified atom stereocenters. The quantitative estimate of drug-likeness (QED) is 0.698. The Kier molecular flexibility index (Phi) is 6.47. The third-order valence-electron chi connectivity index (χ3n) is 4.48. The summed E-state index contributed by atoms with van der Waals surface area (Å²) in [6, 6.07) is 6.62. The van der Waals surface area contributed by atoms with Gasteiger partial charge in [0.1, 0.15) is 0 Å². The zero-order valence-electron chi connectivity index (χ0n) is 15.0. The van der Waals surface area contributed by atoms with Crippen LogP contribution in [0.15, 0.2) is 24.3 Å². The molecule has 2 amide bonds. The smallest absolute Gasteiger partial charge is 0.317 e. The number of rotatable bonds is 7. The van der Waals surface area contributed by atoms with Gasteiger partial charge < -0.3 is 15.3 Å². The fraction of sp³-hybridized carbons (Fsp3) is 0.529. The van der Waals surface area contributed by atoms with E-state index in [4.69, 9.17) is 5.11 Å². The molecule has 1 aromatic carbocycles. The number of aliphatic carboxylic acids is 1. The molecule has 1 saturated heterocycles. The lowest BCUT2D eigenvalue weighted by atomic mass is 10.1. The van der Waals surface area contributed by atoms with Crippen molar-refractivity contribution in [2.24, 2.45) is 0 Å². The molecule has 0 aromatic heterocycles. The molecule has 0 aliphatic carbocycles. The summed E-state index contributed by atoms with van der Waals surface area (Å²) in [4.78, 5) is 24.2. The minimum atomic E-state index is -3.25. The summed E-state index contributed by atoms with van der Waals surface area (Å²) in [5.74, 6) is -0.736. The third-order valence-corrected chi connectivity index (χ3v) is 6.35. The molecule has 26 heavy (non-hydrogen) atoms. The standard InChI is InChI=1S/C17H25N3O5S/c1-13(19(2)17(23)18-9-4-8-16(21)22)14-6-3-7-15(12-14)20-10-5-11-26(20,24)25/h3,6-7,12-13H,4-5,8-11H2,1-2H3,(H,18,23)(H,21,22). The van der Waals surface area contributed by atoms with E-state index in [9.17, 15) is 18.0 Å². The Balaban J connectivity index is 2.02. The first-order valence-electron chi connectivity index (χ1n) is 8.55. The van der Waals surface area contributed by atoms with Crippen LogP contribution in [0.2, 0.25) is 0 Å². The van der Waals surface area contributed by atoms with E-state index in [1.165, 1.54) is 9.21 Å². The van der Waals surface area contributed by atoms with Crippen LogP contribution in [0.3, 0.4) is 0 Å². The van der Waals surface area contributed by atoms with Gasteiger partial charge in [0.2, 0.25) is 10.0 Å². The van der Waals surface area contributed by atoms with Crippen LogP contribution in [-0.2, 0) is 14.8 Å². The lowest BCUT2D eigenvalue weighted by molar-refractivity contribution is -0.137. The molecular weight excluding hydrogens is 358 g/mol. The SMILES string of the molecule is CC(c1cccc(N2CCCS2(=O)=O)c1)N(C)C(=O)NCCCC(=O)O. The van der Waals surface area contributed by atoms with Crippen LogP contribution < -0.4 is 9.62 Å². The highest BCUT2D eigenvalue weighted by molar-refractivity contribution is 7.93. The van der Waals surface area contributed by atoms with E-state index in [0.29, 0.717) is 25.1 Å². The van der Waals surface area contributed by atoms with E-state index in [2.05, 4.69) is 5.32 Å². The zero-order chi connectivity index (χ0) is 19.3. The number of anilines is 1. The van der Waals surface area contributed by atoms with Gasteiger partial charge in [-0.3, -0.25) is 9.10 Å². The number of hydrogen-bond donors (Lipinski definition) is 2. The number of nitrogens with one attached hydrogen (secondary N) is 1. The Morgan fingerprint density at radius 3 is 2.73 bits per heavy atom. The van der Waals surface area contributed by atoms with E-state index in [-0.39, 0.29) is 30.8 Å². The fourth-order valence-corrected chi connectivity index (χ4v) is 4.38. The van der Waals surface area contributed by atoms with Crippen LogP contribution in [0.1, 0.15) is 37.8 Å². The third kappa shape index (κ3) is 4.87. The lowest BCUT2D eigenvalue weighted by Gasteiger charge is -2.27. The van der Waals surface area contributed by atoms with E-state index < -0.39 is 16.0 Å². The van der Waals surface area contributed by atoms with E-state index in [1.54, 1.807) is 25.2 Å². The highest BCUT2D eigenvalue weighted by Gasteiger charge is 2.29. The van der Waals surface area contributed by atoms with Gasteiger partial charge in [0, 0.05) is 26.6 Å². The Bertz CT molecular complexity index is 765. The van der Waals surface area contributed by atoms with Crippen molar-refractivity contribution in [2.75, 3.05) is 30.2 Å². The van der Waals surface area contributed by atoms with Gasteiger partial charge in [-0.15, -0.1) is 0 Å². The van der Waals surface area contributed by atoms with Gasteiger partial charge in [-0.25, -0.2) is 13.2 Å². The maximum Gasteiger partial charge on any atom is 0.317 e. The van der Waals surface area contributed by atoms with Crippen molar-refractivity contribution in [1.82, 2.24) is 10.2 Å². The van der Waals surface area contributed by atoms with Crippen molar-refractivity contribution >= 4 is 27.7 Å². The number of urea groups is 1. The number of hydrogen-bond acceptors (Lipinski definition) is 4. The summed E-state index contributed by atoms with van der Waals surface area (Å²) in [6.07, 6.45) is 0.984. The second-order valence-electron chi connectivity index (χ2n) is 6.35. The molecule has 144 valence electrons. The molecule has 1 fully saturated rings. The minimum absolute atomic E-state index is 0.00585. The highest BCUT2D eigenvalue weighted by atomic mass is 32.2. The summed E-state index contributed by atoms with van der Waals surface area (Å²) in [7, 11) is -1.60. The molecule has 0 bridgehead atoms. The van der Waals surface area contributed by atoms with Gasteiger partial charge >= 0.3 is 12.0 Å².